The Labute approximate surface area is 84.5 Å². The molecule has 5 heteroatoms. The van der Waals surface area contributed by atoms with E-state index in [0.29, 0.717) is 6.10 Å². The summed E-state index contributed by atoms with van der Waals surface area (Å²) in [5.74, 6) is 1.05. The minimum Gasteiger partial charge on any atom is -0.373 e. The fraction of sp³-hybridized carbons (Fsp3) is 0.889. The largest absolute Gasteiger partial charge is 0.373 e. The van der Waals surface area contributed by atoms with Gasteiger partial charge in [-0.05, 0) is 7.05 Å². The average molecular weight is 198 g/mol. The first-order chi connectivity index (χ1) is 6.90. The second kappa shape index (κ2) is 4.61. The molecular weight excluding hydrogens is 180 g/mol. The average Bonchev–Trinajstić information content (AvgIpc) is 2.71. The second-order valence-electron chi connectivity index (χ2n) is 3.63. The van der Waals surface area contributed by atoms with E-state index in [0.717, 1.165) is 45.3 Å². The van der Waals surface area contributed by atoms with Crippen molar-refractivity contribution in [3.8, 4) is 0 Å². The number of nitrogens with one attached hydrogen (secondary N) is 2. The van der Waals surface area contributed by atoms with E-state index >= 15 is 0 Å². The highest BCUT2D eigenvalue weighted by molar-refractivity contribution is 5.81. The van der Waals surface area contributed by atoms with Gasteiger partial charge in [0, 0.05) is 26.2 Å². The fourth-order valence-electron chi connectivity index (χ4n) is 1.86. The number of aliphatic imine (C=N–C) groups is 1. The number of guanidine groups is 1. The predicted molar refractivity (Wildman–Crippen MR) is 55.5 cm³/mol. The van der Waals surface area contributed by atoms with Gasteiger partial charge >= 0.3 is 0 Å². The smallest absolute Gasteiger partial charge is 0.194 e. The SMILES string of the molecule is CNCC1CN(C2=NCCN2)CCO1. The van der Waals surface area contributed by atoms with Crippen LogP contribution in [0.5, 0.6) is 0 Å². The maximum absolute atomic E-state index is 5.62. The minimum absolute atomic E-state index is 0.291. The molecule has 2 rings (SSSR count). The molecule has 2 N–H and O–H groups in total. The predicted octanol–water partition coefficient (Wildman–Crippen LogP) is -1.13. The van der Waals surface area contributed by atoms with Crippen molar-refractivity contribution in [1.29, 1.82) is 0 Å². The molecule has 0 saturated carbocycles. The first-order valence-corrected chi connectivity index (χ1v) is 5.19. The van der Waals surface area contributed by atoms with Gasteiger partial charge in [0.1, 0.15) is 0 Å². The van der Waals surface area contributed by atoms with E-state index in [2.05, 4.69) is 20.5 Å². The normalized spacial score (nSPS) is 27.4. The molecule has 5 nitrogen and oxygen atoms in total. The Kier molecular flexibility index (Phi) is 3.21. The molecule has 2 aliphatic rings. The van der Waals surface area contributed by atoms with Crippen molar-refractivity contribution in [3.63, 3.8) is 0 Å². The van der Waals surface area contributed by atoms with Crippen molar-refractivity contribution in [2.75, 3.05) is 46.4 Å². The quantitative estimate of drug-likeness (QED) is 0.589. The summed E-state index contributed by atoms with van der Waals surface area (Å²) in [6.07, 6.45) is 0.291. The maximum atomic E-state index is 5.62. The van der Waals surface area contributed by atoms with Gasteiger partial charge in [-0.3, -0.25) is 4.99 Å². The summed E-state index contributed by atoms with van der Waals surface area (Å²) in [4.78, 5) is 6.69. The van der Waals surface area contributed by atoms with Crippen LogP contribution in [0.1, 0.15) is 0 Å². The van der Waals surface area contributed by atoms with Gasteiger partial charge in [-0.15, -0.1) is 0 Å². The van der Waals surface area contributed by atoms with Gasteiger partial charge in [0.25, 0.3) is 0 Å². The van der Waals surface area contributed by atoms with Crippen LogP contribution in [0.3, 0.4) is 0 Å². The molecule has 80 valence electrons. The van der Waals surface area contributed by atoms with E-state index in [4.69, 9.17) is 4.74 Å². The van der Waals surface area contributed by atoms with Crippen LogP contribution in [0.2, 0.25) is 0 Å². The lowest BCUT2D eigenvalue weighted by molar-refractivity contribution is -0.00421. The topological polar surface area (TPSA) is 48.9 Å². The molecule has 0 aromatic heterocycles. The Morgan fingerprint density at radius 1 is 1.71 bits per heavy atom. The van der Waals surface area contributed by atoms with Crippen molar-refractivity contribution in [3.05, 3.63) is 0 Å². The van der Waals surface area contributed by atoms with Gasteiger partial charge in [0.2, 0.25) is 0 Å². The van der Waals surface area contributed by atoms with E-state index < -0.39 is 0 Å². The highest BCUT2D eigenvalue weighted by Gasteiger charge is 2.23. The number of nitrogens with zero attached hydrogens (tertiary/aromatic N) is 2. The van der Waals surface area contributed by atoms with E-state index in [9.17, 15) is 0 Å². The summed E-state index contributed by atoms with van der Waals surface area (Å²) in [6.45, 7) is 5.47. The van der Waals surface area contributed by atoms with E-state index in [1.807, 2.05) is 7.05 Å². The molecular formula is C9H18N4O. The molecule has 1 atom stereocenters. The third-order valence-corrected chi connectivity index (χ3v) is 2.53. The lowest BCUT2D eigenvalue weighted by Gasteiger charge is -2.33. The molecule has 1 saturated heterocycles. The number of likely N-dealkylation sites (N-methyl/N-ethyl adjacent to an activating group) is 1. The van der Waals surface area contributed by atoms with Crippen molar-refractivity contribution < 1.29 is 4.74 Å². The van der Waals surface area contributed by atoms with Crippen LogP contribution in [0.4, 0.5) is 0 Å². The zero-order valence-corrected chi connectivity index (χ0v) is 8.62. The number of rotatable bonds is 2. The van der Waals surface area contributed by atoms with Crippen molar-refractivity contribution in [2.24, 2.45) is 4.99 Å². The summed E-state index contributed by atoms with van der Waals surface area (Å²) in [5, 5.41) is 6.43. The van der Waals surface area contributed by atoms with Gasteiger partial charge in [0.15, 0.2) is 5.96 Å². The maximum Gasteiger partial charge on any atom is 0.194 e. The number of morpholine rings is 1. The fourth-order valence-corrected chi connectivity index (χ4v) is 1.86. The Hall–Kier alpha value is -0.810. The molecule has 0 aromatic rings. The summed E-state index contributed by atoms with van der Waals surface area (Å²) < 4.78 is 5.62. The van der Waals surface area contributed by atoms with Crippen molar-refractivity contribution in [2.45, 2.75) is 6.10 Å². The van der Waals surface area contributed by atoms with Crippen LogP contribution in [-0.2, 0) is 4.74 Å². The van der Waals surface area contributed by atoms with Crippen molar-refractivity contribution in [1.82, 2.24) is 15.5 Å². The van der Waals surface area contributed by atoms with Crippen LogP contribution >= 0.6 is 0 Å². The monoisotopic (exact) mass is 198 g/mol. The van der Waals surface area contributed by atoms with Gasteiger partial charge < -0.3 is 20.3 Å². The molecule has 0 spiro atoms. The molecule has 1 unspecified atom stereocenters. The van der Waals surface area contributed by atoms with Crippen LogP contribution in [-0.4, -0.2) is 63.3 Å². The minimum atomic E-state index is 0.291. The highest BCUT2D eigenvalue weighted by Crippen LogP contribution is 2.06. The zero-order valence-electron chi connectivity index (χ0n) is 8.62. The summed E-state index contributed by atoms with van der Waals surface area (Å²) in [7, 11) is 1.95. The lowest BCUT2D eigenvalue weighted by atomic mass is 10.3. The van der Waals surface area contributed by atoms with Crippen LogP contribution in [0.15, 0.2) is 4.99 Å². The van der Waals surface area contributed by atoms with Crippen LogP contribution in [0.25, 0.3) is 0 Å². The molecule has 0 amide bonds. The lowest BCUT2D eigenvalue weighted by Crippen LogP contribution is -2.51. The first kappa shape index (κ1) is 9.73. The van der Waals surface area contributed by atoms with Gasteiger partial charge in [0.05, 0.1) is 19.3 Å². The number of ether oxygens (including phenoxy) is 1. The number of hydrogen-bond acceptors (Lipinski definition) is 5. The zero-order chi connectivity index (χ0) is 9.80. The molecule has 14 heavy (non-hydrogen) atoms. The van der Waals surface area contributed by atoms with Crippen LogP contribution in [0, 0.1) is 0 Å². The molecule has 1 fully saturated rings. The third-order valence-electron chi connectivity index (χ3n) is 2.53. The Morgan fingerprint density at radius 3 is 3.36 bits per heavy atom. The summed E-state index contributed by atoms with van der Waals surface area (Å²) >= 11 is 0. The molecule has 0 aliphatic carbocycles. The highest BCUT2D eigenvalue weighted by atomic mass is 16.5. The summed E-state index contributed by atoms with van der Waals surface area (Å²) in [5.41, 5.74) is 0. The standard InChI is InChI=1S/C9H18N4O/c1-10-6-8-7-13(4-5-14-8)9-11-2-3-12-9/h8,10H,2-7H2,1H3,(H,11,12). The van der Waals surface area contributed by atoms with E-state index in [1.54, 1.807) is 0 Å². The van der Waals surface area contributed by atoms with Crippen molar-refractivity contribution >= 4 is 5.96 Å². The molecule has 0 radical (unpaired) electrons. The van der Waals surface area contributed by atoms with E-state index in [1.165, 1.54) is 0 Å². The van der Waals surface area contributed by atoms with E-state index in [-0.39, 0.29) is 0 Å². The van der Waals surface area contributed by atoms with Gasteiger partial charge in [-0.1, -0.05) is 0 Å². The third kappa shape index (κ3) is 2.16. The molecule has 0 aromatic carbocycles. The number of hydrogen-bond donors (Lipinski definition) is 2. The second-order valence-corrected chi connectivity index (χ2v) is 3.63. The van der Waals surface area contributed by atoms with Gasteiger partial charge in [-0.2, -0.15) is 0 Å². The van der Waals surface area contributed by atoms with Gasteiger partial charge in [-0.25, -0.2) is 0 Å². The molecule has 2 heterocycles. The Balaban J connectivity index is 1.86. The molecule has 2 aliphatic heterocycles. The Bertz CT molecular complexity index is 217. The summed E-state index contributed by atoms with van der Waals surface area (Å²) in [6, 6.07) is 0. The first-order valence-electron chi connectivity index (χ1n) is 5.19. The Morgan fingerprint density at radius 2 is 2.64 bits per heavy atom. The molecule has 0 bridgehead atoms. The van der Waals surface area contributed by atoms with Crippen LogP contribution < -0.4 is 10.6 Å².